The Labute approximate surface area is 82.3 Å². The minimum atomic E-state index is 0.689. The highest BCUT2D eigenvalue weighted by Crippen LogP contribution is 2.11. The van der Waals surface area contributed by atoms with Crippen molar-refractivity contribution in [2.75, 3.05) is 13.6 Å². The Morgan fingerprint density at radius 1 is 1.75 bits per heavy atom. The van der Waals surface area contributed by atoms with Crippen molar-refractivity contribution in [2.24, 2.45) is 0 Å². The molecule has 0 atom stereocenters. The van der Waals surface area contributed by atoms with E-state index in [1.54, 1.807) is 11.3 Å². The molecule has 0 saturated heterocycles. The van der Waals surface area contributed by atoms with Gasteiger partial charge in [-0.1, -0.05) is 24.2 Å². The number of thiophene rings is 1. The van der Waals surface area contributed by atoms with Crippen LogP contribution in [0.3, 0.4) is 0 Å². The molecule has 1 heterocycles. The molecule has 0 saturated carbocycles. The number of halogens is 1. The molecule has 66 valence electrons. The molecule has 0 fully saturated rings. The van der Waals surface area contributed by atoms with Crippen molar-refractivity contribution < 1.29 is 0 Å². The Balaban J connectivity index is 2.36. The molecule has 0 aromatic carbocycles. The van der Waals surface area contributed by atoms with Crippen LogP contribution in [0.15, 0.2) is 29.1 Å². The van der Waals surface area contributed by atoms with E-state index >= 15 is 0 Å². The summed E-state index contributed by atoms with van der Waals surface area (Å²) in [7, 11) is 2.04. The lowest BCUT2D eigenvalue weighted by Gasteiger charge is -2.13. The zero-order chi connectivity index (χ0) is 8.97. The molecule has 3 heteroatoms. The van der Waals surface area contributed by atoms with Crippen LogP contribution < -0.4 is 0 Å². The molecule has 0 radical (unpaired) electrons. The third-order valence-corrected chi connectivity index (χ3v) is 2.43. The first kappa shape index (κ1) is 9.78. The molecule has 12 heavy (non-hydrogen) atoms. The summed E-state index contributed by atoms with van der Waals surface area (Å²) in [6.45, 7) is 5.35. The summed E-state index contributed by atoms with van der Waals surface area (Å²) in [4.78, 5) is 3.50. The molecule has 0 spiro atoms. The van der Waals surface area contributed by atoms with Gasteiger partial charge in [-0.25, -0.2) is 0 Å². The van der Waals surface area contributed by atoms with E-state index in [1.165, 1.54) is 4.88 Å². The first-order chi connectivity index (χ1) is 5.68. The van der Waals surface area contributed by atoms with Crippen molar-refractivity contribution in [2.45, 2.75) is 6.54 Å². The smallest absolute Gasteiger partial charge is 0.0336 e. The molecule has 0 amide bonds. The summed E-state index contributed by atoms with van der Waals surface area (Å²) in [5.41, 5.74) is 0. The highest BCUT2D eigenvalue weighted by Gasteiger charge is 2.00. The lowest BCUT2D eigenvalue weighted by Crippen LogP contribution is -2.18. The summed E-state index contributed by atoms with van der Waals surface area (Å²) < 4.78 is 0. The highest BCUT2D eigenvalue weighted by atomic mass is 35.5. The van der Waals surface area contributed by atoms with Crippen LogP contribution in [0, 0.1) is 0 Å². The van der Waals surface area contributed by atoms with Gasteiger partial charge in [0, 0.05) is 23.0 Å². The van der Waals surface area contributed by atoms with Crippen molar-refractivity contribution >= 4 is 22.9 Å². The van der Waals surface area contributed by atoms with Crippen molar-refractivity contribution in [3.8, 4) is 0 Å². The average molecular weight is 202 g/mol. The van der Waals surface area contributed by atoms with E-state index in [9.17, 15) is 0 Å². The van der Waals surface area contributed by atoms with E-state index in [0.29, 0.717) is 5.03 Å². The Kier molecular flexibility index (Phi) is 3.79. The van der Waals surface area contributed by atoms with Gasteiger partial charge in [-0.3, -0.25) is 4.90 Å². The molecule has 0 aliphatic heterocycles. The molecule has 0 aliphatic rings. The van der Waals surface area contributed by atoms with Gasteiger partial charge >= 0.3 is 0 Å². The predicted octanol–water partition coefficient (Wildman–Crippen LogP) is 2.93. The van der Waals surface area contributed by atoms with E-state index in [-0.39, 0.29) is 0 Å². The van der Waals surface area contributed by atoms with Crippen LogP contribution in [-0.2, 0) is 6.54 Å². The minimum Gasteiger partial charge on any atom is -0.296 e. The molecular formula is C9H12ClNS. The highest BCUT2D eigenvalue weighted by molar-refractivity contribution is 7.09. The van der Waals surface area contributed by atoms with Crippen molar-refractivity contribution in [3.05, 3.63) is 34.0 Å². The van der Waals surface area contributed by atoms with Gasteiger partial charge in [0.15, 0.2) is 0 Å². The predicted molar refractivity (Wildman–Crippen MR) is 55.6 cm³/mol. The number of rotatable bonds is 4. The van der Waals surface area contributed by atoms with Crippen LogP contribution in [0.1, 0.15) is 4.88 Å². The SMILES string of the molecule is C=C(Cl)CN(C)Cc1cccs1. The minimum absolute atomic E-state index is 0.689. The molecule has 0 aliphatic carbocycles. The van der Waals surface area contributed by atoms with Crippen LogP contribution in [-0.4, -0.2) is 18.5 Å². The van der Waals surface area contributed by atoms with Crippen LogP contribution >= 0.6 is 22.9 Å². The topological polar surface area (TPSA) is 3.24 Å². The fourth-order valence-corrected chi connectivity index (χ4v) is 2.01. The zero-order valence-electron chi connectivity index (χ0n) is 7.09. The van der Waals surface area contributed by atoms with E-state index in [0.717, 1.165) is 13.1 Å². The maximum Gasteiger partial charge on any atom is 0.0336 e. The molecule has 0 N–H and O–H groups in total. The Bertz CT molecular complexity index is 243. The fraction of sp³-hybridized carbons (Fsp3) is 0.333. The normalized spacial score (nSPS) is 10.6. The first-order valence-corrected chi connectivity index (χ1v) is 4.98. The molecule has 0 unspecified atom stereocenters. The van der Waals surface area contributed by atoms with Crippen LogP contribution in [0.5, 0.6) is 0 Å². The maximum atomic E-state index is 5.68. The standard InChI is InChI=1S/C9H12ClNS/c1-8(10)6-11(2)7-9-4-3-5-12-9/h3-5H,1,6-7H2,2H3. The Morgan fingerprint density at radius 2 is 2.50 bits per heavy atom. The lowest BCUT2D eigenvalue weighted by atomic mass is 10.4. The largest absolute Gasteiger partial charge is 0.296 e. The van der Waals surface area contributed by atoms with Crippen LogP contribution in [0.4, 0.5) is 0 Å². The fourth-order valence-electron chi connectivity index (χ4n) is 1.02. The number of hydrogen-bond acceptors (Lipinski definition) is 2. The average Bonchev–Trinajstić information content (AvgIpc) is 2.37. The quantitative estimate of drug-likeness (QED) is 0.724. The third-order valence-electron chi connectivity index (χ3n) is 1.45. The summed E-state index contributed by atoms with van der Waals surface area (Å²) in [5.74, 6) is 0. The number of hydrogen-bond donors (Lipinski definition) is 0. The van der Waals surface area contributed by atoms with Gasteiger partial charge in [0.25, 0.3) is 0 Å². The Hall–Kier alpha value is -0.310. The van der Waals surface area contributed by atoms with Gasteiger partial charge in [0.1, 0.15) is 0 Å². The van der Waals surface area contributed by atoms with Gasteiger partial charge in [0.2, 0.25) is 0 Å². The van der Waals surface area contributed by atoms with Crippen molar-refractivity contribution in [1.29, 1.82) is 0 Å². The second-order valence-corrected chi connectivity index (χ2v) is 4.34. The molecular weight excluding hydrogens is 190 g/mol. The Morgan fingerprint density at radius 3 is 3.00 bits per heavy atom. The maximum absolute atomic E-state index is 5.68. The van der Waals surface area contributed by atoms with Crippen molar-refractivity contribution in [1.82, 2.24) is 4.90 Å². The second-order valence-electron chi connectivity index (χ2n) is 2.77. The second kappa shape index (κ2) is 4.65. The van der Waals surface area contributed by atoms with Crippen molar-refractivity contribution in [3.63, 3.8) is 0 Å². The third kappa shape index (κ3) is 3.39. The molecule has 1 aromatic heterocycles. The van der Waals surface area contributed by atoms with Crippen LogP contribution in [0.2, 0.25) is 0 Å². The molecule has 1 aromatic rings. The lowest BCUT2D eigenvalue weighted by molar-refractivity contribution is 0.364. The van der Waals surface area contributed by atoms with E-state index in [1.807, 2.05) is 7.05 Å². The van der Waals surface area contributed by atoms with Gasteiger partial charge in [-0.05, 0) is 18.5 Å². The van der Waals surface area contributed by atoms with Gasteiger partial charge in [0.05, 0.1) is 0 Å². The van der Waals surface area contributed by atoms with Gasteiger partial charge in [-0.2, -0.15) is 0 Å². The first-order valence-electron chi connectivity index (χ1n) is 3.72. The van der Waals surface area contributed by atoms with Gasteiger partial charge < -0.3 is 0 Å². The van der Waals surface area contributed by atoms with Gasteiger partial charge in [-0.15, -0.1) is 11.3 Å². The summed E-state index contributed by atoms with van der Waals surface area (Å²) in [5, 5.41) is 2.77. The summed E-state index contributed by atoms with van der Waals surface area (Å²) in [6.07, 6.45) is 0. The zero-order valence-corrected chi connectivity index (χ0v) is 8.66. The van der Waals surface area contributed by atoms with E-state index in [4.69, 9.17) is 11.6 Å². The summed E-state index contributed by atoms with van der Waals surface area (Å²) >= 11 is 7.44. The molecule has 0 bridgehead atoms. The molecule has 1 rings (SSSR count). The summed E-state index contributed by atoms with van der Waals surface area (Å²) in [6, 6.07) is 4.18. The molecule has 1 nitrogen and oxygen atoms in total. The number of nitrogens with zero attached hydrogens (tertiary/aromatic N) is 1. The van der Waals surface area contributed by atoms with E-state index < -0.39 is 0 Å². The monoisotopic (exact) mass is 201 g/mol. The van der Waals surface area contributed by atoms with Crippen LogP contribution in [0.25, 0.3) is 0 Å². The van der Waals surface area contributed by atoms with E-state index in [2.05, 4.69) is 29.0 Å². The number of likely N-dealkylation sites (N-methyl/N-ethyl adjacent to an activating group) is 1.